The van der Waals surface area contributed by atoms with Crippen molar-refractivity contribution < 1.29 is 9.34 Å². The first kappa shape index (κ1) is 13.4. The van der Waals surface area contributed by atoms with Crippen molar-refractivity contribution in [3.63, 3.8) is 0 Å². The number of nitro groups is 1. The van der Waals surface area contributed by atoms with Gasteiger partial charge >= 0.3 is 0 Å². The lowest BCUT2D eigenvalue weighted by molar-refractivity contribution is -0.385. The Morgan fingerprint density at radius 3 is 2.74 bits per heavy atom. The van der Waals surface area contributed by atoms with Gasteiger partial charge in [0, 0.05) is 18.2 Å². The third-order valence-corrected chi connectivity index (χ3v) is 2.92. The number of furan rings is 1. The molecule has 6 nitrogen and oxygen atoms in total. The molecule has 0 fully saturated rings. The van der Waals surface area contributed by atoms with E-state index in [-0.39, 0.29) is 10.7 Å². The zero-order valence-corrected chi connectivity index (χ0v) is 11.2. The molecule has 2 heterocycles. The quantitative estimate of drug-likeness (QED) is 0.685. The summed E-state index contributed by atoms with van der Waals surface area (Å²) in [5.41, 5.74) is 0.861. The molecule has 7 heteroatoms. The second-order valence-corrected chi connectivity index (χ2v) is 4.48. The number of anilines is 1. The molecule has 0 bridgehead atoms. The van der Waals surface area contributed by atoms with Gasteiger partial charge in [-0.15, -0.1) is 0 Å². The monoisotopic (exact) mass is 281 g/mol. The summed E-state index contributed by atoms with van der Waals surface area (Å²) in [6, 6.07) is 3.19. The second-order valence-electron chi connectivity index (χ2n) is 4.07. The predicted molar refractivity (Wildman–Crippen MR) is 71.4 cm³/mol. The fourth-order valence-electron chi connectivity index (χ4n) is 1.70. The van der Waals surface area contributed by atoms with Gasteiger partial charge in [0.15, 0.2) is 0 Å². The van der Waals surface area contributed by atoms with Crippen LogP contribution >= 0.6 is 11.6 Å². The highest BCUT2D eigenvalue weighted by atomic mass is 35.5. The minimum Gasteiger partial charge on any atom is -0.466 e. The number of hydrogen-bond acceptors (Lipinski definition) is 5. The van der Waals surface area contributed by atoms with Crippen LogP contribution in [-0.2, 0) is 6.54 Å². The van der Waals surface area contributed by atoms with Crippen LogP contribution in [0.2, 0.25) is 5.02 Å². The summed E-state index contributed by atoms with van der Waals surface area (Å²) in [7, 11) is 0. The standard InChI is InChI=1S/C12H12ClN3O3/c1-7-3-9(8(2)19-7)5-14-12-11(13)4-10(6-15-12)16(17)18/h3-4,6H,5H2,1-2H3,(H,14,15). The van der Waals surface area contributed by atoms with Crippen LogP contribution in [0.3, 0.4) is 0 Å². The summed E-state index contributed by atoms with van der Waals surface area (Å²) >= 11 is 5.93. The summed E-state index contributed by atoms with van der Waals surface area (Å²) in [5, 5.41) is 13.8. The number of aromatic nitrogens is 1. The molecule has 0 atom stereocenters. The first-order valence-electron chi connectivity index (χ1n) is 5.57. The van der Waals surface area contributed by atoms with E-state index >= 15 is 0 Å². The van der Waals surface area contributed by atoms with E-state index in [4.69, 9.17) is 16.0 Å². The van der Waals surface area contributed by atoms with Crippen LogP contribution in [0.1, 0.15) is 17.1 Å². The molecular formula is C12H12ClN3O3. The zero-order valence-electron chi connectivity index (χ0n) is 10.4. The summed E-state index contributed by atoms with van der Waals surface area (Å²) in [6.07, 6.45) is 1.17. The van der Waals surface area contributed by atoms with E-state index in [0.29, 0.717) is 12.4 Å². The minimum absolute atomic E-state index is 0.133. The van der Waals surface area contributed by atoms with Gasteiger partial charge in [-0.3, -0.25) is 10.1 Å². The van der Waals surface area contributed by atoms with E-state index < -0.39 is 4.92 Å². The van der Waals surface area contributed by atoms with Gasteiger partial charge in [0.1, 0.15) is 23.5 Å². The molecule has 100 valence electrons. The van der Waals surface area contributed by atoms with Crippen molar-refractivity contribution in [2.75, 3.05) is 5.32 Å². The van der Waals surface area contributed by atoms with E-state index in [1.54, 1.807) is 0 Å². The van der Waals surface area contributed by atoms with Crippen molar-refractivity contribution in [1.29, 1.82) is 0 Å². The number of nitrogens with one attached hydrogen (secondary N) is 1. The molecule has 2 aromatic heterocycles. The lowest BCUT2D eigenvalue weighted by atomic mass is 10.2. The molecule has 19 heavy (non-hydrogen) atoms. The molecule has 0 amide bonds. The van der Waals surface area contributed by atoms with Crippen LogP contribution in [0.4, 0.5) is 11.5 Å². The Labute approximate surface area is 114 Å². The van der Waals surface area contributed by atoms with Crippen LogP contribution in [0.5, 0.6) is 0 Å². The van der Waals surface area contributed by atoms with E-state index in [9.17, 15) is 10.1 Å². The van der Waals surface area contributed by atoms with Crippen LogP contribution in [0.25, 0.3) is 0 Å². The number of hydrogen-bond donors (Lipinski definition) is 1. The Morgan fingerprint density at radius 2 is 2.21 bits per heavy atom. The molecular weight excluding hydrogens is 270 g/mol. The van der Waals surface area contributed by atoms with E-state index in [1.807, 2.05) is 19.9 Å². The molecule has 0 saturated heterocycles. The summed E-state index contributed by atoms with van der Waals surface area (Å²) in [4.78, 5) is 14.0. The maximum absolute atomic E-state index is 10.6. The van der Waals surface area contributed by atoms with Gasteiger partial charge in [-0.05, 0) is 19.9 Å². The molecule has 0 spiro atoms. The maximum Gasteiger partial charge on any atom is 0.289 e. The molecule has 0 aliphatic heterocycles. The highest BCUT2D eigenvalue weighted by Crippen LogP contribution is 2.24. The zero-order chi connectivity index (χ0) is 14.0. The van der Waals surface area contributed by atoms with E-state index in [1.165, 1.54) is 12.3 Å². The fourth-order valence-corrected chi connectivity index (χ4v) is 1.92. The summed E-state index contributed by atoms with van der Waals surface area (Å²) in [5.74, 6) is 2.06. The molecule has 2 aromatic rings. The molecule has 0 unspecified atom stereocenters. The largest absolute Gasteiger partial charge is 0.466 e. The third kappa shape index (κ3) is 3.03. The molecule has 0 saturated carbocycles. The third-order valence-electron chi connectivity index (χ3n) is 2.63. The van der Waals surface area contributed by atoms with Crippen LogP contribution in [-0.4, -0.2) is 9.91 Å². The van der Waals surface area contributed by atoms with E-state index in [2.05, 4.69) is 10.3 Å². The topological polar surface area (TPSA) is 81.2 Å². The molecule has 1 N–H and O–H groups in total. The first-order valence-corrected chi connectivity index (χ1v) is 5.95. The number of nitrogens with zero attached hydrogens (tertiary/aromatic N) is 2. The summed E-state index contributed by atoms with van der Waals surface area (Å²) in [6.45, 7) is 4.23. The van der Waals surface area contributed by atoms with Gasteiger partial charge in [-0.2, -0.15) is 0 Å². The Kier molecular flexibility index (Phi) is 3.71. The Bertz CT molecular complexity index is 625. The van der Waals surface area contributed by atoms with Crippen molar-refractivity contribution in [3.8, 4) is 0 Å². The summed E-state index contributed by atoms with van der Waals surface area (Å²) < 4.78 is 5.40. The number of pyridine rings is 1. The van der Waals surface area contributed by atoms with E-state index in [0.717, 1.165) is 17.1 Å². The average molecular weight is 282 g/mol. The smallest absolute Gasteiger partial charge is 0.289 e. The fraction of sp³-hybridized carbons (Fsp3) is 0.250. The lowest BCUT2D eigenvalue weighted by Gasteiger charge is -2.06. The first-order chi connectivity index (χ1) is 8.97. The molecule has 0 aliphatic carbocycles. The van der Waals surface area contributed by atoms with Gasteiger partial charge < -0.3 is 9.73 Å². The van der Waals surface area contributed by atoms with Crippen molar-refractivity contribution in [3.05, 3.63) is 50.6 Å². The maximum atomic E-state index is 10.6. The van der Waals surface area contributed by atoms with Gasteiger partial charge in [-0.1, -0.05) is 11.6 Å². The SMILES string of the molecule is Cc1cc(CNc2ncc([N+](=O)[O-])cc2Cl)c(C)o1. The Balaban J connectivity index is 2.12. The van der Waals surface area contributed by atoms with Crippen molar-refractivity contribution in [2.24, 2.45) is 0 Å². The highest BCUT2D eigenvalue weighted by molar-refractivity contribution is 6.33. The van der Waals surface area contributed by atoms with Gasteiger partial charge in [0.05, 0.1) is 9.95 Å². The average Bonchev–Trinajstić information content (AvgIpc) is 2.66. The van der Waals surface area contributed by atoms with Gasteiger partial charge in [0.25, 0.3) is 5.69 Å². The number of rotatable bonds is 4. The van der Waals surface area contributed by atoms with Gasteiger partial charge in [0.2, 0.25) is 0 Å². The molecule has 0 radical (unpaired) electrons. The normalized spacial score (nSPS) is 10.5. The van der Waals surface area contributed by atoms with Crippen LogP contribution in [0, 0.1) is 24.0 Å². The van der Waals surface area contributed by atoms with Crippen molar-refractivity contribution in [1.82, 2.24) is 4.98 Å². The minimum atomic E-state index is -0.535. The second kappa shape index (κ2) is 5.27. The van der Waals surface area contributed by atoms with Crippen molar-refractivity contribution in [2.45, 2.75) is 20.4 Å². The lowest BCUT2D eigenvalue weighted by Crippen LogP contribution is -2.02. The number of halogens is 1. The molecule has 0 aromatic carbocycles. The molecule has 0 aliphatic rings. The predicted octanol–water partition coefficient (Wildman–Crippen LogP) is 3.47. The molecule has 2 rings (SSSR count). The Hall–Kier alpha value is -2.08. The van der Waals surface area contributed by atoms with Gasteiger partial charge in [-0.25, -0.2) is 4.98 Å². The Morgan fingerprint density at radius 1 is 1.47 bits per heavy atom. The van der Waals surface area contributed by atoms with Crippen molar-refractivity contribution >= 4 is 23.1 Å². The van der Waals surface area contributed by atoms with Crippen LogP contribution < -0.4 is 5.32 Å². The number of aryl methyl sites for hydroxylation is 2. The van der Waals surface area contributed by atoms with Crippen LogP contribution in [0.15, 0.2) is 22.7 Å². The highest BCUT2D eigenvalue weighted by Gasteiger charge is 2.11.